The average Bonchev–Trinajstić information content (AvgIpc) is 3.15. The maximum absolute atomic E-state index is 13.2. The Balaban J connectivity index is 1.83. The lowest BCUT2D eigenvalue weighted by atomic mass is 10.2. The van der Waals surface area contributed by atoms with Gasteiger partial charge in [0.15, 0.2) is 5.13 Å². The number of carbonyl (C=O) groups excluding carboxylic acids is 1. The van der Waals surface area contributed by atoms with Crippen LogP contribution < -0.4 is 5.32 Å². The van der Waals surface area contributed by atoms with Crippen LogP contribution in [0.1, 0.15) is 49.9 Å². The zero-order valence-electron chi connectivity index (χ0n) is 17.6. The average molecular weight is 480 g/mol. The van der Waals surface area contributed by atoms with Gasteiger partial charge in [0, 0.05) is 23.7 Å². The second kappa shape index (κ2) is 10.5. The molecule has 3 rings (SSSR count). The van der Waals surface area contributed by atoms with Gasteiger partial charge in [0.1, 0.15) is 0 Å². The molecule has 0 radical (unpaired) electrons. The van der Waals surface area contributed by atoms with Gasteiger partial charge in [-0.1, -0.05) is 49.6 Å². The number of fused-ring (bicyclic) bond motifs is 1. The van der Waals surface area contributed by atoms with Crippen molar-refractivity contribution in [3.63, 3.8) is 0 Å². The minimum Gasteiger partial charge on any atom is -0.298 e. The van der Waals surface area contributed by atoms with Crippen molar-refractivity contribution in [3.05, 3.63) is 53.1 Å². The fourth-order valence-electron chi connectivity index (χ4n) is 3.06. The quantitative estimate of drug-likeness (QED) is 0.399. The third kappa shape index (κ3) is 5.83. The second-order valence-corrected chi connectivity index (χ2v) is 10.6. The molecule has 2 aromatic carbocycles. The number of thiazole rings is 1. The standard InChI is InChI=1S/C22H26ClN3O3S2/c1-3-5-13-26(14-6-4-2)31(28,29)18-11-12-19-20(15-18)30-22(24-19)25-21(27)16-7-9-17(23)10-8-16/h7-12,15H,3-6,13-14H2,1-2H3,(H,24,25,27). The van der Waals surface area contributed by atoms with Gasteiger partial charge in [0.05, 0.1) is 15.1 Å². The molecule has 1 amide bonds. The first kappa shape index (κ1) is 23.7. The highest BCUT2D eigenvalue weighted by Gasteiger charge is 2.24. The number of rotatable bonds is 10. The molecule has 6 nitrogen and oxygen atoms in total. The fraction of sp³-hybridized carbons (Fsp3) is 0.364. The number of benzene rings is 2. The van der Waals surface area contributed by atoms with Crippen molar-refractivity contribution in [3.8, 4) is 0 Å². The summed E-state index contributed by atoms with van der Waals surface area (Å²) < 4.78 is 28.7. The molecule has 1 heterocycles. The molecule has 0 atom stereocenters. The number of nitrogens with one attached hydrogen (secondary N) is 1. The molecule has 1 aromatic heterocycles. The van der Waals surface area contributed by atoms with E-state index in [1.54, 1.807) is 46.8 Å². The normalized spacial score (nSPS) is 11.9. The van der Waals surface area contributed by atoms with E-state index in [1.165, 1.54) is 11.3 Å². The lowest BCUT2D eigenvalue weighted by Gasteiger charge is -2.21. The SMILES string of the molecule is CCCCN(CCCC)S(=O)(=O)c1ccc2nc(NC(=O)c3ccc(Cl)cc3)sc2c1. The first-order chi connectivity index (χ1) is 14.8. The highest BCUT2D eigenvalue weighted by Crippen LogP contribution is 2.30. The minimum absolute atomic E-state index is 0.256. The van der Waals surface area contributed by atoms with E-state index < -0.39 is 10.0 Å². The molecule has 0 saturated carbocycles. The predicted octanol–water partition coefficient (Wildman–Crippen LogP) is 5.79. The number of hydrogen-bond donors (Lipinski definition) is 1. The Morgan fingerprint density at radius 3 is 2.32 bits per heavy atom. The van der Waals surface area contributed by atoms with Crippen LogP contribution in [0.5, 0.6) is 0 Å². The van der Waals surface area contributed by atoms with Crippen LogP contribution in [0, 0.1) is 0 Å². The summed E-state index contributed by atoms with van der Waals surface area (Å²) in [5.74, 6) is -0.297. The molecule has 1 N–H and O–H groups in total. The first-order valence-corrected chi connectivity index (χ1v) is 13.0. The molecule has 3 aromatic rings. The molecular weight excluding hydrogens is 454 g/mol. The molecular formula is C22H26ClN3O3S2. The summed E-state index contributed by atoms with van der Waals surface area (Å²) in [6, 6.07) is 11.5. The van der Waals surface area contributed by atoms with Crippen molar-refractivity contribution < 1.29 is 13.2 Å². The van der Waals surface area contributed by atoms with Crippen LogP contribution in [0.25, 0.3) is 10.2 Å². The van der Waals surface area contributed by atoms with Gasteiger partial charge in [0.2, 0.25) is 10.0 Å². The van der Waals surface area contributed by atoms with E-state index in [0.29, 0.717) is 39.0 Å². The molecule has 31 heavy (non-hydrogen) atoms. The molecule has 166 valence electrons. The molecule has 0 aliphatic heterocycles. The summed E-state index contributed by atoms with van der Waals surface area (Å²) in [7, 11) is -3.59. The summed E-state index contributed by atoms with van der Waals surface area (Å²) in [6.45, 7) is 5.13. The summed E-state index contributed by atoms with van der Waals surface area (Å²) in [6.07, 6.45) is 3.52. The highest BCUT2D eigenvalue weighted by atomic mass is 35.5. The van der Waals surface area contributed by atoms with Crippen LogP contribution in [0.4, 0.5) is 5.13 Å². The van der Waals surface area contributed by atoms with Crippen molar-refractivity contribution in [2.75, 3.05) is 18.4 Å². The van der Waals surface area contributed by atoms with Gasteiger partial charge in [-0.25, -0.2) is 13.4 Å². The molecule has 0 saturated heterocycles. The molecule has 0 bridgehead atoms. The zero-order valence-corrected chi connectivity index (χ0v) is 20.0. The van der Waals surface area contributed by atoms with Gasteiger partial charge in [-0.3, -0.25) is 10.1 Å². The van der Waals surface area contributed by atoms with Crippen LogP contribution in [0.2, 0.25) is 5.02 Å². The predicted molar refractivity (Wildman–Crippen MR) is 128 cm³/mol. The van der Waals surface area contributed by atoms with Crippen molar-refractivity contribution in [2.24, 2.45) is 0 Å². The number of halogens is 1. The number of carbonyl (C=O) groups is 1. The van der Waals surface area contributed by atoms with Crippen molar-refractivity contribution in [2.45, 2.75) is 44.4 Å². The van der Waals surface area contributed by atoms with E-state index in [0.717, 1.165) is 25.7 Å². The molecule has 0 aliphatic rings. The highest BCUT2D eigenvalue weighted by molar-refractivity contribution is 7.89. The summed E-state index contributed by atoms with van der Waals surface area (Å²) >= 11 is 7.11. The Morgan fingerprint density at radius 2 is 1.71 bits per heavy atom. The number of anilines is 1. The number of unbranched alkanes of at least 4 members (excludes halogenated alkanes) is 2. The van der Waals surface area contributed by atoms with Crippen LogP contribution in [-0.2, 0) is 10.0 Å². The lowest BCUT2D eigenvalue weighted by Crippen LogP contribution is -2.33. The summed E-state index contributed by atoms with van der Waals surface area (Å²) in [4.78, 5) is 17.1. The Kier molecular flexibility index (Phi) is 8.05. The number of hydrogen-bond acceptors (Lipinski definition) is 5. The van der Waals surface area contributed by atoms with E-state index in [2.05, 4.69) is 10.3 Å². The van der Waals surface area contributed by atoms with Crippen LogP contribution in [0.15, 0.2) is 47.4 Å². The topological polar surface area (TPSA) is 79.4 Å². The monoisotopic (exact) mass is 479 g/mol. The number of amides is 1. The van der Waals surface area contributed by atoms with Crippen LogP contribution in [0.3, 0.4) is 0 Å². The van der Waals surface area contributed by atoms with Crippen molar-refractivity contribution in [1.29, 1.82) is 0 Å². The summed E-state index contributed by atoms with van der Waals surface area (Å²) in [5, 5.41) is 3.74. The zero-order chi connectivity index (χ0) is 22.4. The third-order valence-corrected chi connectivity index (χ3v) is 7.93. The Hall–Kier alpha value is -2.00. The van der Waals surface area contributed by atoms with Gasteiger partial charge in [-0.05, 0) is 55.3 Å². The van der Waals surface area contributed by atoms with E-state index in [-0.39, 0.29) is 10.8 Å². The van der Waals surface area contributed by atoms with Crippen LogP contribution >= 0.6 is 22.9 Å². The molecule has 9 heteroatoms. The van der Waals surface area contributed by atoms with E-state index >= 15 is 0 Å². The second-order valence-electron chi connectivity index (χ2n) is 7.22. The van der Waals surface area contributed by atoms with Crippen LogP contribution in [-0.4, -0.2) is 36.7 Å². The van der Waals surface area contributed by atoms with Gasteiger partial charge in [-0.15, -0.1) is 0 Å². The maximum Gasteiger partial charge on any atom is 0.257 e. The smallest absolute Gasteiger partial charge is 0.257 e. The number of nitrogens with zero attached hydrogens (tertiary/aromatic N) is 2. The van der Waals surface area contributed by atoms with Gasteiger partial charge in [0.25, 0.3) is 5.91 Å². The fourth-order valence-corrected chi connectivity index (χ4v) is 5.70. The van der Waals surface area contributed by atoms with Gasteiger partial charge in [-0.2, -0.15) is 4.31 Å². The van der Waals surface area contributed by atoms with Gasteiger partial charge >= 0.3 is 0 Å². The minimum atomic E-state index is -3.59. The molecule has 0 unspecified atom stereocenters. The number of aromatic nitrogens is 1. The van der Waals surface area contributed by atoms with E-state index in [1.807, 2.05) is 13.8 Å². The number of sulfonamides is 1. The molecule has 0 aliphatic carbocycles. The van der Waals surface area contributed by atoms with E-state index in [9.17, 15) is 13.2 Å². The third-order valence-electron chi connectivity index (χ3n) is 4.85. The Labute approximate surface area is 192 Å². The molecule has 0 spiro atoms. The Morgan fingerprint density at radius 1 is 1.06 bits per heavy atom. The largest absolute Gasteiger partial charge is 0.298 e. The van der Waals surface area contributed by atoms with E-state index in [4.69, 9.17) is 11.6 Å². The van der Waals surface area contributed by atoms with Crippen molar-refractivity contribution in [1.82, 2.24) is 9.29 Å². The lowest BCUT2D eigenvalue weighted by molar-refractivity contribution is 0.102. The molecule has 0 fully saturated rings. The summed E-state index contributed by atoms with van der Waals surface area (Å²) in [5.41, 5.74) is 1.11. The van der Waals surface area contributed by atoms with Gasteiger partial charge < -0.3 is 0 Å². The van der Waals surface area contributed by atoms with Crippen molar-refractivity contribution >= 4 is 54.2 Å². The first-order valence-electron chi connectivity index (χ1n) is 10.3. The Bertz CT molecular complexity index is 1140. The maximum atomic E-state index is 13.2.